The van der Waals surface area contributed by atoms with Crippen molar-refractivity contribution in [2.24, 2.45) is 5.92 Å². The Morgan fingerprint density at radius 1 is 1.41 bits per heavy atom. The molecule has 27 heavy (non-hydrogen) atoms. The van der Waals surface area contributed by atoms with Gasteiger partial charge >= 0.3 is 5.97 Å². The van der Waals surface area contributed by atoms with E-state index in [1.165, 1.54) is 11.3 Å². The van der Waals surface area contributed by atoms with E-state index in [9.17, 15) is 14.4 Å². The monoisotopic (exact) mass is 390 g/mol. The van der Waals surface area contributed by atoms with E-state index in [0.717, 1.165) is 17.7 Å². The summed E-state index contributed by atoms with van der Waals surface area (Å²) in [4.78, 5) is 41.8. The van der Waals surface area contributed by atoms with Crippen molar-refractivity contribution in [1.82, 2.24) is 20.1 Å². The number of aromatic nitrogens is 3. The minimum Gasteiger partial charge on any atom is -0.466 e. The van der Waals surface area contributed by atoms with Crippen LogP contribution in [0.1, 0.15) is 31.9 Å². The number of amides is 1. The molecule has 1 amide bonds. The Bertz CT molecular complexity index is 849. The summed E-state index contributed by atoms with van der Waals surface area (Å²) in [6, 6.07) is 3.72. The highest BCUT2D eigenvalue weighted by molar-refractivity contribution is 7.13. The number of nitrogens with zero attached hydrogens (tertiary/aromatic N) is 3. The van der Waals surface area contributed by atoms with Crippen molar-refractivity contribution in [3.8, 4) is 10.7 Å². The topological polar surface area (TPSA) is 105 Å². The van der Waals surface area contributed by atoms with Gasteiger partial charge in [0.05, 0.1) is 17.4 Å². The second-order valence-corrected chi connectivity index (χ2v) is 7.31. The van der Waals surface area contributed by atoms with Crippen LogP contribution in [0.15, 0.2) is 22.3 Å². The number of esters is 1. The number of hydrogen-bond acceptors (Lipinski definition) is 7. The summed E-state index contributed by atoms with van der Waals surface area (Å²) in [6.07, 6.45) is 1.88. The maximum Gasteiger partial charge on any atom is 0.310 e. The van der Waals surface area contributed by atoms with Crippen molar-refractivity contribution in [1.29, 1.82) is 0 Å². The average molecular weight is 390 g/mol. The van der Waals surface area contributed by atoms with E-state index in [2.05, 4.69) is 15.2 Å². The normalized spacial score (nSPS) is 16.9. The number of rotatable bonds is 6. The number of nitrogens with one attached hydrogen (secondary N) is 1. The van der Waals surface area contributed by atoms with Gasteiger partial charge in [-0.2, -0.15) is 0 Å². The van der Waals surface area contributed by atoms with Crippen LogP contribution in [0.3, 0.4) is 0 Å². The summed E-state index contributed by atoms with van der Waals surface area (Å²) in [5.41, 5.74) is -0.0909. The molecule has 1 saturated heterocycles. The predicted octanol–water partition coefficient (Wildman–Crippen LogP) is 1.63. The molecule has 9 heteroatoms. The van der Waals surface area contributed by atoms with Crippen LogP contribution in [0.5, 0.6) is 0 Å². The predicted molar refractivity (Wildman–Crippen MR) is 100 cm³/mol. The lowest BCUT2D eigenvalue weighted by atomic mass is 9.98. The molecule has 0 saturated carbocycles. The number of likely N-dealkylation sites (tertiary alicyclic amines) is 1. The maximum absolute atomic E-state index is 12.5. The van der Waals surface area contributed by atoms with Gasteiger partial charge in [-0.15, -0.1) is 21.5 Å². The first-order chi connectivity index (χ1) is 13.1. The highest BCUT2D eigenvalue weighted by Crippen LogP contribution is 2.20. The zero-order valence-corrected chi connectivity index (χ0v) is 16.0. The van der Waals surface area contributed by atoms with Gasteiger partial charge in [0.1, 0.15) is 5.69 Å². The second-order valence-electron chi connectivity index (χ2n) is 6.36. The SMILES string of the molecule is CCOC(=O)C1CCCN(C(=O)CCc2nnc(-c3cccs3)[nH]c2=O)C1. The number of carbonyl (C=O) groups excluding carboxylic acids is 2. The number of carbonyl (C=O) groups is 2. The molecule has 144 valence electrons. The summed E-state index contributed by atoms with van der Waals surface area (Å²) in [6.45, 7) is 3.10. The number of ether oxygens (including phenoxy) is 1. The van der Waals surface area contributed by atoms with Gasteiger partial charge in [0.2, 0.25) is 5.91 Å². The van der Waals surface area contributed by atoms with Crippen LogP contribution in [-0.4, -0.2) is 51.7 Å². The van der Waals surface area contributed by atoms with Crippen molar-refractivity contribution in [2.75, 3.05) is 19.7 Å². The highest BCUT2D eigenvalue weighted by Gasteiger charge is 2.29. The summed E-state index contributed by atoms with van der Waals surface area (Å²) in [5.74, 6) is -0.177. The summed E-state index contributed by atoms with van der Waals surface area (Å²) in [5, 5.41) is 9.93. The first kappa shape index (κ1) is 19.2. The molecule has 0 aliphatic carbocycles. The first-order valence-corrected chi connectivity index (χ1v) is 9.90. The van der Waals surface area contributed by atoms with Crippen LogP contribution in [0.4, 0.5) is 0 Å². The Balaban J connectivity index is 1.57. The molecule has 1 atom stereocenters. The molecule has 2 aromatic rings. The minimum absolute atomic E-state index is 0.0902. The van der Waals surface area contributed by atoms with Gasteiger partial charge in [0.25, 0.3) is 5.56 Å². The van der Waals surface area contributed by atoms with Gasteiger partial charge in [-0.3, -0.25) is 14.4 Å². The molecular weight excluding hydrogens is 368 g/mol. The van der Waals surface area contributed by atoms with Crippen LogP contribution in [-0.2, 0) is 20.7 Å². The zero-order chi connectivity index (χ0) is 19.2. The van der Waals surface area contributed by atoms with E-state index in [-0.39, 0.29) is 41.9 Å². The molecule has 1 aliphatic heterocycles. The second kappa shape index (κ2) is 8.90. The Kier molecular flexibility index (Phi) is 6.33. The van der Waals surface area contributed by atoms with Gasteiger partial charge < -0.3 is 14.6 Å². The van der Waals surface area contributed by atoms with Crippen molar-refractivity contribution < 1.29 is 14.3 Å². The van der Waals surface area contributed by atoms with Crippen molar-refractivity contribution >= 4 is 23.2 Å². The lowest BCUT2D eigenvalue weighted by Crippen LogP contribution is -2.43. The van der Waals surface area contributed by atoms with Crippen LogP contribution in [0.2, 0.25) is 0 Å². The van der Waals surface area contributed by atoms with Crippen LogP contribution < -0.4 is 5.56 Å². The quantitative estimate of drug-likeness (QED) is 0.752. The van der Waals surface area contributed by atoms with Gasteiger partial charge in [-0.25, -0.2) is 0 Å². The molecular formula is C18H22N4O4S. The average Bonchev–Trinajstić information content (AvgIpc) is 3.22. The Labute approximate surface area is 160 Å². The summed E-state index contributed by atoms with van der Waals surface area (Å²) < 4.78 is 5.06. The Morgan fingerprint density at radius 3 is 2.96 bits per heavy atom. The maximum atomic E-state index is 12.5. The molecule has 3 rings (SSSR count). The molecule has 1 aliphatic rings. The molecule has 8 nitrogen and oxygen atoms in total. The van der Waals surface area contributed by atoms with Gasteiger partial charge in [-0.1, -0.05) is 6.07 Å². The standard InChI is InChI=1S/C18H22N4O4S/c1-2-26-18(25)12-5-3-9-22(11-12)15(23)8-7-13-17(24)19-16(21-20-13)14-6-4-10-27-14/h4,6,10,12H,2-3,5,7-9,11H2,1H3,(H,19,21,24). The number of aromatic amines is 1. The molecule has 0 radical (unpaired) electrons. The molecule has 1 N–H and O–H groups in total. The lowest BCUT2D eigenvalue weighted by molar-refractivity contribution is -0.151. The number of thiophene rings is 1. The largest absolute Gasteiger partial charge is 0.466 e. The van der Waals surface area contributed by atoms with Crippen molar-refractivity contribution in [3.05, 3.63) is 33.6 Å². The van der Waals surface area contributed by atoms with E-state index < -0.39 is 0 Å². The molecule has 1 fully saturated rings. The van der Waals surface area contributed by atoms with Gasteiger partial charge in [0, 0.05) is 25.9 Å². The fourth-order valence-electron chi connectivity index (χ4n) is 3.09. The highest BCUT2D eigenvalue weighted by atomic mass is 32.1. The smallest absolute Gasteiger partial charge is 0.310 e. The number of piperidine rings is 1. The van der Waals surface area contributed by atoms with Crippen LogP contribution in [0.25, 0.3) is 10.7 Å². The lowest BCUT2D eigenvalue weighted by Gasteiger charge is -2.31. The van der Waals surface area contributed by atoms with Gasteiger partial charge in [0.15, 0.2) is 5.82 Å². The third-order valence-electron chi connectivity index (χ3n) is 4.49. The van der Waals surface area contributed by atoms with Gasteiger partial charge in [-0.05, 0) is 31.2 Å². The third kappa shape index (κ3) is 4.79. The molecule has 0 bridgehead atoms. The molecule has 0 spiro atoms. The zero-order valence-electron chi connectivity index (χ0n) is 15.1. The minimum atomic E-state index is -0.329. The van der Waals surface area contributed by atoms with E-state index in [0.29, 0.717) is 25.5 Å². The Morgan fingerprint density at radius 2 is 2.26 bits per heavy atom. The fraction of sp³-hybridized carbons (Fsp3) is 0.500. The molecule has 2 aromatic heterocycles. The summed E-state index contributed by atoms with van der Waals surface area (Å²) in [7, 11) is 0. The van der Waals surface area contributed by atoms with E-state index in [4.69, 9.17) is 4.74 Å². The van der Waals surface area contributed by atoms with E-state index in [1.807, 2.05) is 17.5 Å². The first-order valence-electron chi connectivity index (χ1n) is 9.02. The summed E-state index contributed by atoms with van der Waals surface area (Å²) >= 11 is 1.46. The molecule has 3 heterocycles. The molecule has 1 unspecified atom stereocenters. The van der Waals surface area contributed by atoms with Crippen molar-refractivity contribution in [2.45, 2.75) is 32.6 Å². The van der Waals surface area contributed by atoms with Crippen LogP contribution in [0, 0.1) is 5.92 Å². The number of hydrogen-bond donors (Lipinski definition) is 1. The Hall–Kier alpha value is -2.55. The molecule has 0 aromatic carbocycles. The third-order valence-corrected chi connectivity index (χ3v) is 5.37. The fourth-order valence-corrected chi connectivity index (χ4v) is 3.75. The van der Waals surface area contributed by atoms with Crippen LogP contribution >= 0.6 is 11.3 Å². The van der Waals surface area contributed by atoms with E-state index >= 15 is 0 Å². The van der Waals surface area contributed by atoms with Crippen molar-refractivity contribution in [3.63, 3.8) is 0 Å². The number of aryl methyl sites for hydroxylation is 1. The van der Waals surface area contributed by atoms with E-state index in [1.54, 1.807) is 11.8 Å². The number of H-pyrrole nitrogens is 1.